The van der Waals surface area contributed by atoms with Crippen molar-refractivity contribution in [2.45, 2.75) is 19.4 Å². The Morgan fingerprint density at radius 3 is 2.78 bits per heavy atom. The summed E-state index contributed by atoms with van der Waals surface area (Å²) in [7, 11) is 0. The molecule has 7 heteroatoms. The zero-order chi connectivity index (χ0) is 19.1. The van der Waals surface area contributed by atoms with Gasteiger partial charge in [0.25, 0.3) is 0 Å². The molecule has 144 valence electrons. The number of hydrogen-bond acceptors (Lipinski definition) is 4. The van der Waals surface area contributed by atoms with Gasteiger partial charge in [0, 0.05) is 19.0 Å². The third kappa shape index (κ3) is 5.05. The SMILES string of the molecule is CCNC(=NCc1cc(Cl)c2c(c1)OCO2)NCC(CO)c1ccccc1. The van der Waals surface area contributed by atoms with Crippen molar-refractivity contribution < 1.29 is 14.6 Å². The molecule has 0 saturated heterocycles. The van der Waals surface area contributed by atoms with Gasteiger partial charge in [0.05, 0.1) is 18.2 Å². The zero-order valence-corrected chi connectivity index (χ0v) is 16.0. The number of guanidine groups is 1. The first-order valence-electron chi connectivity index (χ1n) is 8.97. The third-order valence-corrected chi connectivity index (χ3v) is 4.54. The maximum absolute atomic E-state index is 9.71. The molecule has 0 spiro atoms. The number of aliphatic imine (C=N–C) groups is 1. The second kappa shape index (κ2) is 9.48. The first kappa shape index (κ1) is 19.3. The van der Waals surface area contributed by atoms with Gasteiger partial charge in [-0.25, -0.2) is 4.99 Å². The van der Waals surface area contributed by atoms with E-state index < -0.39 is 0 Å². The van der Waals surface area contributed by atoms with E-state index in [2.05, 4.69) is 15.6 Å². The van der Waals surface area contributed by atoms with Gasteiger partial charge in [-0.15, -0.1) is 0 Å². The molecule has 0 amide bonds. The minimum atomic E-state index is -0.00459. The smallest absolute Gasteiger partial charge is 0.231 e. The fourth-order valence-electron chi connectivity index (χ4n) is 2.86. The maximum atomic E-state index is 9.71. The predicted molar refractivity (Wildman–Crippen MR) is 107 cm³/mol. The van der Waals surface area contributed by atoms with Gasteiger partial charge >= 0.3 is 0 Å². The van der Waals surface area contributed by atoms with Gasteiger partial charge in [0.1, 0.15) is 0 Å². The van der Waals surface area contributed by atoms with Crippen LogP contribution in [0.5, 0.6) is 11.5 Å². The first-order valence-corrected chi connectivity index (χ1v) is 9.35. The topological polar surface area (TPSA) is 75.1 Å². The number of rotatable bonds is 7. The summed E-state index contributed by atoms with van der Waals surface area (Å²) < 4.78 is 10.7. The molecule has 3 rings (SSSR count). The molecule has 1 aliphatic heterocycles. The van der Waals surface area contributed by atoms with Crippen molar-refractivity contribution in [3.63, 3.8) is 0 Å². The molecule has 1 atom stereocenters. The van der Waals surface area contributed by atoms with Crippen LogP contribution in [-0.4, -0.2) is 37.6 Å². The number of aliphatic hydroxyl groups excluding tert-OH is 1. The van der Waals surface area contributed by atoms with Crippen LogP contribution in [0, 0.1) is 0 Å². The van der Waals surface area contributed by atoms with Gasteiger partial charge in [-0.05, 0) is 30.2 Å². The standard InChI is InChI=1S/C20H24ClN3O3/c1-2-22-20(24-11-16(12-25)15-6-4-3-5-7-15)23-10-14-8-17(21)19-18(9-14)26-13-27-19/h3-9,16,25H,2,10-13H2,1H3,(H2,22,23,24). The summed E-state index contributed by atoms with van der Waals surface area (Å²) in [6, 6.07) is 13.7. The van der Waals surface area contributed by atoms with Crippen molar-refractivity contribution in [1.82, 2.24) is 10.6 Å². The lowest BCUT2D eigenvalue weighted by molar-refractivity contribution is 0.174. The minimum Gasteiger partial charge on any atom is -0.454 e. The van der Waals surface area contributed by atoms with Crippen LogP contribution in [-0.2, 0) is 6.54 Å². The lowest BCUT2D eigenvalue weighted by Gasteiger charge is -2.18. The molecule has 2 aromatic rings. The molecule has 0 saturated carbocycles. The Kier molecular flexibility index (Phi) is 6.79. The number of ether oxygens (including phenoxy) is 2. The number of nitrogens with one attached hydrogen (secondary N) is 2. The number of aliphatic hydroxyl groups is 1. The fourth-order valence-corrected chi connectivity index (χ4v) is 3.14. The van der Waals surface area contributed by atoms with Crippen LogP contribution >= 0.6 is 11.6 Å². The highest BCUT2D eigenvalue weighted by atomic mass is 35.5. The Hall–Kier alpha value is -2.44. The maximum Gasteiger partial charge on any atom is 0.231 e. The highest BCUT2D eigenvalue weighted by molar-refractivity contribution is 6.32. The average Bonchev–Trinajstić information content (AvgIpc) is 3.16. The lowest BCUT2D eigenvalue weighted by atomic mass is 10.0. The van der Waals surface area contributed by atoms with Gasteiger partial charge in [-0.2, -0.15) is 0 Å². The highest BCUT2D eigenvalue weighted by Crippen LogP contribution is 2.39. The molecule has 0 aliphatic carbocycles. The largest absolute Gasteiger partial charge is 0.454 e. The first-order chi connectivity index (χ1) is 13.2. The highest BCUT2D eigenvalue weighted by Gasteiger charge is 2.18. The minimum absolute atomic E-state index is 0.00459. The van der Waals surface area contributed by atoms with Gasteiger partial charge in [-0.1, -0.05) is 41.9 Å². The van der Waals surface area contributed by atoms with Gasteiger partial charge < -0.3 is 25.2 Å². The molecule has 2 aromatic carbocycles. The number of nitrogens with zero attached hydrogens (tertiary/aromatic N) is 1. The van der Waals surface area contributed by atoms with Crippen molar-refractivity contribution in [2.75, 3.05) is 26.5 Å². The van der Waals surface area contributed by atoms with Crippen LogP contribution in [0.3, 0.4) is 0 Å². The lowest BCUT2D eigenvalue weighted by Crippen LogP contribution is -2.39. The number of hydrogen-bond donors (Lipinski definition) is 3. The van der Waals surface area contributed by atoms with Crippen LogP contribution < -0.4 is 20.1 Å². The number of benzene rings is 2. The molecule has 0 radical (unpaired) electrons. The Bertz CT molecular complexity index is 784. The Balaban J connectivity index is 1.65. The van der Waals surface area contributed by atoms with E-state index in [-0.39, 0.29) is 19.3 Å². The number of halogens is 1. The van der Waals surface area contributed by atoms with Gasteiger partial charge in [-0.3, -0.25) is 0 Å². The van der Waals surface area contributed by atoms with Crippen LogP contribution in [0.4, 0.5) is 0 Å². The van der Waals surface area contributed by atoms with E-state index in [0.717, 1.165) is 17.7 Å². The molecule has 1 unspecified atom stereocenters. The van der Waals surface area contributed by atoms with Gasteiger partial charge in [0.2, 0.25) is 6.79 Å². The molecule has 1 aliphatic rings. The molecule has 0 aromatic heterocycles. The molecule has 3 N–H and O–H groups in total. The van der Waals surface area contributed by atoms with Crippen molar-refractivity contribution in [3.8, 4) is 11.5 Å². The summed E-state index contributed by atoms with van der Waals surface area (Å²) in [5.74, 6) is 1.91. The predicted octanol–water partition coefficient (Wildman–Crippen LogP) is 2.90. The van der Waals surface area contributed by atoms with Crippen molar-refractivity contribution in [1.29, 1.82) is 0 Å². The molecule has 6 nitrogen and oxygen atoms in total. The van der Waals surface area contributed by atoms with E-state index in [1.807, 2.05) is 49.4 Å². The molecule has 0 fully saturated rings. The van der Waals surface area contributed by atoms with E-state index in [0.29, 0.717) is 35.6 Å². The molecule has 1 heterocycles. The van der Waals surface area contributed by atoms with E-state index in [1.54, 1.807) is 0 Å². The second-order valence-electron chi connectivity index (χ2n) is 6.18. The van der Waals surface area contributed by atoms with E-state index >= 15 is 0 Å². The third-order valence-electron chi connectivity index (χ3n) is 4.26. The van der Waals surface area contributed by atoms with Gasteiger partial charge in [0.15, 0.2) is 17.5 Å². The van der Waals surface area contributed by atoms with Crippen LogP contribution in [0.15, 0.2) is 47.5 Å². The molecular formula is C20H24ClN3O3. The van der Waals surface area contributed by atoms with E-state index in [1.165, 1.54) is 0 Å². The van der Waals surface area contributed by atoms with Crippen LogP contribution in [0.2, 0.25) is 5.02 Å². The summed E-state index contributed by atoms with van der Waals surface area (Å²) >= 11 is 6.23. The Labute approximate surface area is 164 Å². The monoisotopic (exact) mass is 389 g/mol. The van der Waals surface area contributed by atoms with Crippen molar-refractivity contribution in [3.05, 3.63) is 58.6 Å². The molecule has 27 heavy (non-hydrogen) atoms. The van der Waals surface area contributed by atoms with Crippen LogP contribution in [0.25, 0.3) is 0 Å². The summed E-state index contributed by atoms with van der Waals surface area (Å²) in [5, 5.41) is 16.8. The average molecular weight is 390 g/mol. The number of fused-ring (bicyclic) bond motifs is 1. The summed E-state index contributed by atoms with van der Waals surface area (Å²) in [4.78, 5) is 4.61. The Morgan fingerprint density at radius 1 is 1.22 bits per heavy atom. The van der Waals surface area contributed by atoms with Crippen molar-refractivity contribution in [2.24, 2.45) is 4.99 Å². The second-order valence-corrected chi connectivity index (χ2v) is 6.58. The quantitative estimate of drug-likeness (QED) is 0.501. The summed E-state index contributed by atoms with van der Waals surface area (Å²) in [6.45, 7) is 4.02. The summed E-state index contributed by atoms with van der Waals surface area (Å²) in [5.41, 5.74) is 2.02. The fraction of sp³-hybridized carbons (Fsp3) is 0.350. The summed E-state index contributed by atoms with van der Waals surface area (Å²) in [6.07, 6.45) is 0. The normalized spacial score (nSPS) is 14.1. The Morgan fingerprint density at radius 2 is 2.04 bits per heavy atom. The van der Waals surface area contributed by atoms with Crippen molar-refractivity contribution >= 4 is 17.6 Å². The molecule has 0 bridgehead atoms. The molecular weight excluding hydrogens is 366 g/mol. The van der Waals surface area contributed by atoms with E-state index in [4.69, 9.17) is 21.1 Å². The van der Waals surface area contributed by atoms with E-state index in [9.17, 15) is 5.11 Å². The van der Waals surface area contributed by atoms with Crippen LogP contribution in [0.1, 0.15) is 24.0 Å². The zero-order valence-electron chi connectivity index (χ0n) is 15.2.